The molecular formula is C15H20N2O3. The van der Waals surface area contributed by atoms with E-state index in [2.05, 4.69) is 5.32 Å². The van der Waals surface area contributed by atoms with Crippen molar-refractivity contribution in [3.8, 4) is 0 Å². The molecule has 0 aliphatic rings. The Morgan fingerprint density at radius 3 is 3.00 bits per heavy atom. The van der Waals surface area contributed by atoms with E-state index in [0.29, 0.717) is 19.7 Å². The van der Waals surface area contributed by atoms with Gasteiger partial charge in [-0.1, -0.05) is 6.07 Å². The highest BCUT2D eigenvalue weighted by molar-refractivity contribution is 5.83. The molecule has 2 aromatic rings. The Balaban J connectivity index is 1.97. The zero-order chi connectivity index (χ0) is 14.4. The quantitative estimate of drug-likeness (QED) is 0.749. The smallest absolute Gasteiger partial charge is 0.239 e. The van der Waals surface area contributed by atoms with Crippen molar-refractivity contribution in [2.24, 2.45) is 0 Å². The van der Waals surface area contributed by atoms with Gasteiger partial charge < -0.3 is 19.7 Å². The third-order valence-electron chi connectivity index (χ3n) is 3.18. The summed E-state index contributed by atoms with van der Waals surface area (Å²) in [4.78, 5) is 11.8. The van der Waals surface area contributed by atoms with E-state index in [0.717, 1.165) is 22.9 Å². The minimum absolute atomic E-state index is 0.00941. The first-order valence-electron chi connectivity index (χ1n) is 6.69. The molecule has 1 aromatic carbocycles. The van der Waals surface area contributed by atoms with Crippen LogP contribution in [0.25, 0.3) is 10.9 Å². The molecule has 0 radical (unpaired) electrons. The summed E-state index contributed by atoms with van der Waals surface area (Å²) >= 11 is 0. The first-order chi connectivity index (χ1) is 9.74. The molecule has 20 heavy (non-hydrogen) atoms. The van der Waals surface area contributed by atoms with Gasteiger partial charge in [0.15, 0.2) is 0 Å². The second-order valence-corrected chi connectivity index (χ2v) is 4.69. The lowest BCUT2D eigenvalue weighted by Gasteiger charge is -2.07. The number of hydrogen-bond donors (Lipinski definition) is 2. The summed E-state index contributed by atoms with van der Waals surface area (Å²) < 4.78 is 6.84. The molecule has 0 bridgehead atoms. The Labute approximate surface area is 118 Å². The number of ether oxygens (including phenoxy) is 1. The lowest BCUT2D eigenvalue weighted by Crippen LogP contribution is -2.28. The van der Waals surface area contributed by atoms with Crippen LogP contribution in [0, 0.1) is 0 Å². The molecule has 0 spiro atoms. The number of aliphatic hydroxyl groups is 1. The van der Waals surface area contributed by atoms with Gasteiger partial charge >= 0.3 is 0 Å². The minimum atomic E-state index is -0.00941. The topological polar surface area (TPSA) is 63.5 Å². The van der Waals surface area contributed by atoms with Gasteiger partial charge in [0.2, 0.25) is 5.91 Å². The summed E-state index contributed by atoms with van der Waals surface area (Å²) in [6.07, 6.45) is 2.70. The van der Waals surface area contributed by atoms with Crippen molar-refractivity contribution in [1.29, 1.82) is 0 Å². The fraction of sp³-hybridized carbons (Fsp3) is 0.400. The summed E-state index contributed by atoms with van der Waals surface area (Å²) in [5.41, 5.74) is 1.87. The van der Waals surface area contributed by atoms with Gasteiger partial charge in [0.1, 0.15) is 6.54 Å². The van der Waals surface area contributed by atoms with E-state index in [-0.39, 0.29) is 12.5 Å². The van der Waals surface area contributed by atoms with E-state index in [4.69, 9.17) is 9.84 Å². The molecule has 1 amide bonds. The summed E-state index contributed by atoms with van der Waals surface area (Å²) in [6.45, 7) is 1.60. The van der Waals surface area contributed by atoms with E-state index >= 15 is 0 Å². The second kappa shape index (κ2) is 7.07. The number of amides is 1. The standard InChI is InChI=1S/C15H20N2O3/c1-20-8-2-6-16-15(19)10-17-7-5-13-9-12(11-18)3-4-14(13)17/h3-5,7,9,18H,2,6,8,10-11H2,1H3,(H,16,19). The maximum Gasteiger partial charge on any atom is 0.239 e. The van der Waals surface area contributed by atoms with Crippen LogP contribution in [-0.4, -0.2) is 35.8 Å². The van der Waals surface area contributed by atoms with Crippen LogP contribution in [0.15, 0.2) is 30.5 Å². The number of nitrogens with zero attached hydrogens (tertiary/aromatic N) is 1. The Morgan fingerprint density at radius 2 is 2.25 bits per heavy atom. The number of aliphatic hydroxyl groups excluding tert-OH is 1. The van der Waals surface area contributed by atoms with E-state index in [1.807, 2.05) is 35.0 Å². The van der Waals surface area contributed by atoms with E-state index in [9.17, 15) is 4.79 Å². The van der Waals surface area contributed by atoms with Gasteiger partial charge in [0.05, 0.1) is 6.61 Å². The number of fused-ring (bicyclic) bond motifs is 1. The first kappa shape index (κ1) is 14.6. The molecule has 5 nitrogen and oxygen atoms in total. The number of aromatic nitrogens is 1. The number of rotatable bonds is 7. The lowest BCUT2D eigenvalue weighted by atomic mass is 10.2. The molecule has 0 fully saturated rings. The van der Waals surface area contributed by atoms with Crippen LogP contribution in [0.1, 0.15) is 12.0 Å². The average molecular weight is 276 g/mol. The monoisotopic (exact) mass is 276 g/mol. The van der Waals surface area contributed by atoms with Crippen LogP contribution in [-0.2, 0) is 22.7 Å². The number of carbonyl (C=O) groups excluding carboxylic acids is 1. The Bertz CT molecular complexity index is 578. The van der Waals surface area contributed by atoms with Crippen molar-refractivity contribution in [1.82, 2.24) is 9.88 Å². The van der Waals surface area contributed by atoms with Gasteiger partial charge in [-0.15, -0.1) is 0 Å². The average Bonchev–Trinajstić information content (AvgIpc) is 2.86. The largest absolute Gasteiger partial charge is 0.392 e. The van der Waals surface area contributed by atoms with Gasteiger partial charge in [0.25, 0.3) is 0 Å². The molecule has 5 heteroatoms. The summed E-state index contributed by atoms with van der Waals surface area (Å²) in [5, 5.41) is 13.0. The second-order valence-electron chi connectivity index (χ2n) is 4.69. The van der Waals surface area contributed by atoms with Gasteiger partial charge in [-0.25, -0.2) is 0 Å². The molecule has 0 saturated carbocycles. The van der Waals surface area contributed by atoms with Crippen LogP contribution in [0.3, 0.4) is 0 Å². The summed E-state index contributed by atoms with van der Waals surface area (Å²) in [6, 6.07) is 7.68. The predicted octanol–water partition coefficient (Wildman–Crippen LogP) is 1.29. The number of carbonyl (C=O) groups is 1. The number of benzene rings is 1. The number of methoxy groups -OCH3 is 1. The van der Waals surface area contributed by atoms with Crippen LogP contribution in [0.2, 0.25) is 0 Å². The van der Waals surface area contributed by atoms with Crippen molar-refractivity contribution in [3.05, 3.63) is 36.0 Å². The maximum absolute atomic E-state index is 11.8. The highest BCUT2D eigenvalue weighted by Crippen LogP contribution is 2.17. The van der Waals surface area contributed by atoms with Crippen LogP contribution >= 0.6 is 0 Å². The molecular weight excluding hydrogens is 256 g/mol. The maximum atomic E-state index is 11.8. The van der Waals surface area contributed by atoms with Crippen LogP contribution in [0.5, 0.6) is 0 Å². The third kappa shape index (κ3) is 3.59. The number of hydrogen-bond acceptors (Lipinski definition) is 3. The van der Waals surface area contributed by atoms with Crippen LogP contribution in [0.4, 0.5) is 0 Å². The fourth-order valence-corrected chi connectivity index (χ4v) is 2.14. The lowest BCUT2D eigenvalue weighted by molar-refractivity contribution is -0.121. The first-order valence-corrected chi connectivity index (χ1v) is 6.69. The van der Waals surface area contributed by atoms with Gasteiger partial charge in [-0.3, -0.25) is 4.79 Å². The molecule has 2 rings (SSSR count). The predicted molar refractivity (Wildman–Crippen MR) is 77.4 cm³/mol. The molecule has 0 aliphatic carbocycles. The summed E-state index contributed by atoms with van der Waals surface area (Å²) in [5.74, 6) is -0.00941. The minimum Gasteiger partial charge on any atom is -0.392 e. The highest BCUT2D eigenvalue weighted by atomic mass is 16.5. The summed E-state index contributed by atoms with van der Waals surface area (Å²) in [7, 11) is 1.65. The van der Waals surface area contributed by atoms with Crippen LogP contribution < -0.4 is 5.32 Å². The molecule has 2 N–H and O–H groups in total. The van der Waals surface area contributed by atoms with Crippen molar-refractivity contribution in [2.75, 3.05) is 20.3 Å². The molecule has 1 heterocycles. The Morgan fingerprint density at radius 1 is 1.40 bits per heavy atom. The van der Waals surface area contributed by atoms with Crippen molar-refractivity contribution in [2.45, 2.75) is 19.6 Å². The Kier molecular flexibility index (Phi) is 5.15. The molecule has 0 aliphatic heterocycles. The molecule has 0 unspecified atom stereocenters. The van der Waals surface area contributed by atoms with Crippen molar-refractivity contribution >= 4 is 16.8 Å². The van der Waals surface area contributed by atoms with E-state index in [1.54, 1.807) is 7.11 Å². The normalized spacial score (nSPS) is 10.9. The molecule has 0 saturated heterocycles. The van der Waals surface area contributed by atoms with Gasteiger partial charge in [-0.05, 0) is 35.6 Å². The van der Waals surface area contributed by atoms with E-state index < -0.39 is 0 Å². The zero-order valence-corrected chi connectivity index (χ0v) is 11.6. The zero-order valence-electron chi connectivity index (χ0n) is 11.6. The fourth-order valence-electron chi connectivity index (χ4n) is 2.14. The van der Waals surface area contributed by atoms with E-state index in [1.165, 1.54) is 0 Å². The molecule has 108 valence electrons. The van der Waals surface area contributed by atoms with Gasteiger partial charge in [-0.2, -0.15) is 0 Å². The highest BCUT2D eigenvalue weighted by Gasteiger charge is 2.06. The number of nitrogens with one attached hydrogen (secondary N) is 1. The third-order valence-corrected chi connectivity index (χ3v) is 3.18. The van der Waals surface area contributed by atoms with Gasteiger partial charge in [0, 0.05) is 32.0 Å². The molecule has 1 aromatic heterocycles. The Hall–Kier alpha value is -1.85. The van der Waals surface area contributed by atoms with Crippen molar-refractivity contribution < 1.29 is 14.6 Å². The van der Waals surface area contributed by atoms with Crippen molar-refractivity contribution in [3.63, 3.8) is 0 Å². The molecule has 0 atom stereocenters. The SMILES string of the molecule is COCCCNC(=O)Cn1ccc2cc(CO)ccc21.